The fraction of sp³-hybridized carbons (Fsp3) is 0.615. The number of nitrogen functional groups attached to an aromatic ring is 1. The fourth-order valence-electron chi connectivity index (χ4n) is 2.57. The summed E-state index contributed by atoms with van der Waals surface area (Å²) in [5.74, 6) is 0.268. The smallest absolute Gasteiger partial charge is 0.384 e. The number of anilines is 2. The number of hydrogen-bond donors (Lipinski definition) is 1. The molecule has 6 heteroatoms. The number of hydrogen-bond acceptors (Lipinski definition) is 3. The highest BCUT2D eigenvalue weighted by Gasteiger charge is 2.33. The molecule has 0 radical (unpaired) electrons. The summed E-state index contributed by atoms with van der Waals surface area (Å²) in [5.41, 5.74) is 4.79. The number of rotatable bonds is 2. The second kappa shape index (κ2) is 5.27. The molecule has 3 nitrogen and oxygen atoms in total. The van der Waals surface area contributed by atoms with E-state index in [0.717, 1.165) is 44.4 Å². The van der Waals surface area contributed by atoms with Crippen LogP contribution in [-0.2, 0) is 6.18 Å². The van der Waals surface area contributed by atoms with E-state index in [9.17, 15) is 13.2 Å². The summed E-state index contributed by atoms with van der Waals surface area (Å²) in [6.45, 7) is 2.78. The van der Waals surface area contributed by atoms with Gasteiger partial charge in [-0.25, -0.2) is 4.98 Å². The fourth-order valence-corrected chi connectivity index (χ4v) is 2.57. The van der Waals surface area contributed by atoms with Crippen molar-refractivity contribution >= 4 is 11.6 Å². The third-order valence-electron chi connectivity index (χ3n) is 3.55. The maximum Gasteiger partial charge on any atom is 0.416 e. The summed E-state index contributed by atoms with van der Waals surface area (Å²) in [6.07, 6.45) is -0.396. The Morgan fingerprint density at radius 3 is 2.74 bits per heavy atom. The maximum atomic E-state index is 12.8. The molecule has 1 fully saturated rings. The molecular weight excluding hydrogens is 255 g/mol. The summed E-state index contributed by atoms with van der Waals surface area (Å²) in [5, 5.41) is 0. The van der Waals surface area contributed by atoms with E-state index in [-0.39, 0.29) is 11.9 Å². The number of pyridine rings is 1. The van der Waals surface area contributed by atoms with E-state index in [0.29, 0.717) is 5.82 Å². The van der Waals surface area contributed by atoms with Gasteiger partial charge in [-0.15, -0.1) is 0 Å². The van der Waals surface area contributed by atoms with E-state index in [1.165, 1.54) is 0 Å². The van der Waals surface area contributed by atoms with Crippen LogP contribution in [0.25, 0.3) is 0 Å². The normalized spacial score (nSPS) is 20.6. The summed E-state index contributed by atoms with van der Waals surface area (Å²) in [6, 6.07) is 2.24. The largest absolute Gasteiger partial charge is 0.416 e. The first-order valence-corrected chi connectivity index (χ1v) is 6.53. The SMILES string of the molecule is CCC1CCCCN1c1cc(C(F)(F)F)cc(N)n1. The molecule has 1 atom stereocenters. The van der Waals surface area contributed by atoms with Gasteiger partial charge in [0.2, 0.25) is 0 Å². The van der Waals surface area contributed by atoms with Gasteiger partial charge in [0.1, 0.15) is 11.6 Å². The van der Waals surface area contributed by atoms with Crippen molar-refractivity contribution in [3.8, 4) is 0 Å². The van der Waals surface area contributed by atoms with Gasteiger partial charge in [-0.2, -0.15) is 13.2 Å². The van der Waals surface area contributed by atoms with Crippen LogP contribution in [-0.4, -0.2) is 17.6 Å². The van der Waals surface area contributed by atoms with Gasteiger partial charge in [0.25, 0.3) is 0 Å². The number of nitrogens with zero attached hydrogens (tertiary/aromatic N) is 2. The van der Waals surface area contributed by atoms with Crippen LogP contribution in [0, 0.1) is 0 Å². The number of nitrogens with two attached hydrogens (primary N) is 1. The standard InChI is InChI=1S/C13H18F3N3/c1-2-10-5-3-4-6-19(10)12-8-9(13(14,15)16)7-11(17)18-12/h7-8,10H,2-6H2,1H3,(H2,17,18). The van der Waals surface area contributed by atoms with E-state index in [2.05, 4.69) is 4.98 Å². The Hall–Kier alpha value is -1.46. The van der Waals surface area contributed by atoms with Gasteiger partial charge in [-0.1, -0.05) is 6.92 Å². The summed E-state index contributed by atoms with van der Waals surface area (Å²) < 4.78 is 38.4. The highest BCUT2D eigenvalue weighted by atomic mass is 19.4. The molecule has 2 rings (SSSR count). The molecule has 0 aliphatic carbocycles. The molecule has 106 valence electrons. The van der Waals surface area contributed by atoms with Crippen molar-refractivity contribution in [3.63, 3.8) is 0 Å². The predicted molar refractivity (Wildman–Crippen MR) is 68.9 cm³/mol. The zero-order valence-corrected chi connectivity index (χ0v) is 10.9. The topological polar surface area (TPSA) is 42.1 Å². The van der Waals surface area contributed by atoms with Crippen LogP contribution in [0.1, 0.15) is 38.2 Å². The number of piperidine rings is 1. The zero-order chi connectivity index (χ0) is 14.0. The molecule has 1 aromatic rings. The number of halogens is 3. The monoisotopic (exact) mass is 273 g/mol. The van der Waals surface area contributed by atoms with Gasteiger partial charge >= 0.3 is 6.18 Å². The highest BCUT2D eigenvalue weighted by molar-refractivity contribution is 5.50. The molecule has 0 bridgehead atoms. The van der Waals surface area contributed by atoms with Crippen LogP contribution >= 0.6 is 0 Å². The lowest BCUT2D eigenvalue weighted by atomic mass is 10.00. The molecule has 2 N–H and O–H groups in total. The third-order valence-corrected chi connectivity index (χ3v) is 3.55. The average molecular weight is 273 g/mol. The van der Waals surface area contributed by atoms with E-state index in [4.69, 9.17) is 5.73 Å². The molecule has 0 saturated carbocycles. The van der Waals surface area contributed by atoms with Crippen LogP contribution in [0.15, 0.2) is 12.1 Å². The van der Waals surface area contributed by atoms with E-state index >= 15 is 0 Å². The lowest BCUT2D eigenvalue weighted by Crippen LogP contribution is -2.39. The maximum absolute atomic E-state index is 12.8. The van der Waals surface area contributed by atoms with Crippen molar-refractivity contribution in [2.45, 2.75) is 44.8 Å². The summed E-state index contributed by atoms with van der Waals surface area (Å²) >= 11 is 0. The van der Waals surface area contributed by atoms with Crippen molar-refractivity contribution in [3.05, 3.63) is 17.7 Å². The first kappa shape index (κ1) is 14.0. The van der Waals surface area contributed by atoms with E-state index in [1.807, 2.05) is 11.8 Å². The van der Waals surface area contributed by atoms with Crippen LogP contribution in [0.2, 0.25) is 0 Å². The lowest BCUT2D eigenvalue weighted by Gasteiger charge is -2.36. The molecule has 1 unspecified atom stereocenters. The van der Waals surface area contributed by atoms with Crippen LogP contribution in [0.3, 0.4) is 0 Å². The lowest BCUT2D eigenvalue weighted by molar-refractivity contribution is -0.137. The summed E-state index contributed by atoms with van der Waals surface area (Å²) in [7, 11) is 0. The van der Waals surface area contributed by atoms with Crippen LogP contribution in [0.5, 0.6) is 0 Å². The Labute approximate surface area is 110 Å². The average Bonchev–Trinajstić information content (AvgIpc) is 2.37. The Kier molecular flexibility index (Phi) is 3.87. The predicted octanol–water partition coefficient (Wildman–Crippen LogP) is 3.45. The molecule has 0 spiro atoms. The quantitative estimate of drug-likeness (QED) is 0.897. The van der Waals surface area contributed by atoms with E-state index in [1.54, 1.807) is 0 Å². The van der Waals surface area contributed by atoms with Crippen molar-refractivity contribution in [1.29, 1.82) is 0 Å². The molecule has 1 aliphatic rings. The Balaban J connectivity index is 2.35. The number of aromatic nitrogens is 1. The minimum atomic E-state index is -4.39. The molecule has 1 saturated heterocycles. The molecule has 1 aromatic heterocycles. The molecule has 2 heterocycles. The van der Waals surface area contributed by atoms with Crippen LogP contribution < -0.4 is 10.6 Å². The van der Waals surface area contributed by atoms with Gasteiger partial charge in [-0.3, -0.25) is 0 Å². The molecule has 19 heavy (non-hydrogen) atoms. The van der Waals surface area contributed by atoms with Crippen molar-refractivity contribution in [2.24, 2.45) is 0 Å². The van der Waals surface area contributed by atoms with Gasteiger partial charge in [0.15, 0.2) is 0 Å². The van der Waals surface area contributed by atoms with Crippen molar-refractivity contribution < 1.29 is 13.2 Å². The Morgan fingerprint density at radius 1 is 1.37 bits per heavy atom. The first-order valence-electron chi connectivity index (χ1n) is 6.53. The van der Waals surface area contributed by atoms with Gasteiger partial charge in [0.05, 0.1) is 5.56 Å². The Bertz CT molecular complexity index is 445. The first-order chi connectivity index (χ1) is 8.91. The second-order valence-electron chi connectivity index (χ2n) is 4.89. The molecule has 0 aromatic carbocycles. The summed E-state index contributed by atoms with van der Waals surface area (Å²) in [4.78, 5) is 6.03. The molecule has 0 amide bonds. The molecular formula is C13H18F3N3. The van der Waals surface area contributed by atoms with Crippen molar-refractivity contribution in [2.75, 3.05) is 17.2 Å². The Morgan fingerprint density at radius 2 is 2.11 bits per heavy atom. The highest BCUT2D eigenvalue weighted by Crippen LogP contribution is 2.34. The second-order valence-corrected chi connectivity index (χ2v) is 4.89. The molecule has 1 aliphatic heterocycles. The van der Waals surface area contributed by atoms with E-state index < -0.39 is 11.7 Å². The number of alkyl halides is 3. The minimum Gasteiger partial charge on any atom is -0.384 e. The third kappa shape index (κ3) is 3.11. The zero-order valence-electron chi connectivity index (χ0n) is 10.9. The van der Waals surface area contributed by atoms with Crippen LogP contribution in [0.4, 0.5) is 24.8 Å². The van der Waals surface area contributed by atoms with Gasteiger partial charge in [-0.05, 0) is 37.8 Å². The van der Waals surface area contributed by atoms with Crippen molar-refractivity contribution in [1.82, 2.24) is 4.98 Å². The minimum absolute atomic E-state index is 0.0785. The van der Waals surface area contributed by atoms with Gasteiger partial charge < -0.3 is 10.6 Å². The van der Waals surface area contributed by atoms with Gasteiger partial charge in [0, 0.05) is 12.6 Å².